The third-order valence-electron chi connectivity index (χ3n) is 3.38. The molecule has 19 heavy (non-hydrogen) atoms. The Balaban J connectivity index is 2.62. The van der Waals surface area contributed by atoms with Crippen molar-refractivity contribution in [2.45, 2.75) is 63.7 Å². The minimum atomic E-state index is -3.62. The van der Waals surface area contributed by atoms with E-state index in [4.69, 9.17) is 5.14 Å². The molecule has 0 aliphatic rings. The van der Waals surface area contributed by atoms with E-state index in [9.17, 15) is 8.42 Å². The van der Waals surface area contributed by atoms with Crippen LogP contribution in [0.1, 0.15) is 56.6 Å². The van der Waals surface area contributed by atoms with Crippen molar-refractivity contribution in [3.8, 4) is 0 Å². The second-order valence-corrected chi connectivity index (χ2v) is 6.62. The second kappa shape index (κ2) is 7.65. The number of sulfonamides is 1. The van der Waals surface area contributed by atoms with Crippen molar-refractivity contribution in [1.29, 1.82) is 0 Å². The largest absolute Gasteiger partial charge is 0.238 e. The maximum atomic E-state index is 11.6. The average molecular weight is 283 g/mol. The highest BCUT2D eigenvalue weighted by molar-refractivity contribution is 7.89. The van der Waals surface area contributed by atoms with E-state index in [1.165, 1.54) is 25.7 Å². The van der Waals surface area contributed by atoms with E-state index >= 15 is 0 Å². The summed E-state index contributed by atoms with van der Waals surface area (Å²) < 4.78 is 23.3. The molecular weight excluding hydrogens is 258 g/mol. The molecule has 1 aromatic rings. The average Bonchev–Trinajstić information content (AvgIpc) is 2.32. The Morgan fingerprint density at radius 1 is 1.05 bits per heavy atom. The van der Waals surface area contributed by atoms with Gasteiger partial charge in [0.2, 0.25) is 10.0 Å². The molecule has 1 aromatic carbocycles. The molecular formula is C15H25NO2S. The maximum Gasteiger partial charge on any atom is 0.238 e. The third-order valence-corrected chi connectivity index (χ3v) is 4.53. The summed E-state index contributed by atoms with van der Waals surface area (Å²) in [6.07, 6.45) is 7.99. The van der Waals surface area contributed by atoms with Crippen molar-refractivity contribution < 1.29 is 8.42 Å². The van der Waals surface area contributed by atoms with Crippen LogP contribution in [0.4, 0.5) is 0 Å². The molecule has 0 bridgehead atoms. The first-order valence-corrected chi connectivity index (χ1v) is 8.62. The third kappa shape index (κ3) is 5.33. The molecule has 0 aliphatic carbocycles. The molecule has 0 heterocycles. The molecule has 1 rings (SSSR count). The zero-order valence-corrected chi connectivity index (χ0v) is 12.8. The summed E-state index contributed by atoms with van der Waals surface area (Å²) in [7, 11) is -3.62. The monoisotopic (exact) mass is 283 g/mol. The van der Waals surface area contributed by atoms with Crippen LogP contribution < -0.4 is 5.14 Å². The number of hydrogen-bond acceptors (Lipinski definition) is 2. The predicted molar refractivity (Wildman–Crippen MR) is 79.6 cm³/mol. The van der Waals surface area contributed by atoms with Crippen LogP contribution in [0.5, 0.6) is 0 Å². The Morgan fingerprint density at radius 2 is 1.68 bits per heavy atom. The van der Waals surface area contributed by atoms with E-state index in [0.717, 1.165) is 30.4 Å². The fourth-order valence-electron chi connectivity index (χ4n) is 2.41. The second-order valence-electron chi connectivity index (χ2n) is 5.13. The van der Waals surface area contributed by atoms with Crippen LogP contribution in [-0.2, 0) is 16.4 Å². The van der Waals surface area contributed by atoms with Gasteiger partial charge >= 0.3 is 0 Å². The van der Waals surface area contributed by atoms with E-state index in [-0.39, 0.29) is 0 Å². The van der Waals surface area contributed by atoms with E-state index in [1.54, 1.807) is 13.0 Å². The zero-order valence-electron chi connectivity index (χ0n) is 12.0. The standard InChI is InChI=1S/C15H25NO2S/c1-3-4-5-6-7-8-11-14-12-9-10-13(2)15(14)19(16,17)18/h9-10,12H,3-8,11H2,1-2H3,(H2,16,17,18). The van der Waals surface area contributed by atoms with Gasteiger partial charge in [-0.3, -0.25) is 0 Å². The topological polar surface area (TPSA) is 60.2 Å². The van der Waals surface area contributed by atoms with Crippen LogP contribution in [0.3, 0.4) is 0 Å². The van der Waals surface area contributed by atoms with Crippen molar-refractivity contribution in [3.05, 3.63) is 29.3 Å². The van der Waals surface area contributed by atoms with E-state index in [1.807, 2.05) is 12.1 Å². The van der Waals surface area contributed by atoms with Gasteiger partial charge in [-0.2, -0.15) is 0 Å². The van der Waals surface area contributed by atoms with Crippen molar-refractivity contribution in [2.75, 3.05) is 0 Å². The summed E-state index contributed by atoms with van der Waals surface area (Å²) in [5.41, 5.74) is 1.60. The molecule has 0 radical (unpaired) electrons. The Hall–Kier alpha value is -0.870. The first-order valence-electron chi connectivity index (χ1n) is 7.08. The molecule has 0 aromatic heterocycles. The highest BCUT2D eigenvalue weighted by atomic mass is 32.2. The normalized spacial score (nSPS) is 11.7. The number of nitrogens with two attached hydrogens (primary N) is 1. The summed E-state index contributed by atoms with van der Waals surface area (Å²) in [6, 6.07) is 5.57. The lowest BCUT2D eigenvalue weighted by Gasteiger charge is -2.10. The SMILES string of the molecule is CCCCCCCCc1cccc(C)c1S(N)(=O)=O. The van der Waals surface area contributed by atoms with Crippen LogP contribution in [-0.4, -0.2) is 8.42 Å². The molecule has 0 atom stereocenters. The Labute approximate surface area is 117 Å². The van der Waals surface area contributed by atoms with Crippen LogP contribution >= 0.6 is 0 Å². The Morgan fingerprint density at radius 3 is 2.32 bits per heavy atom. The molecule has 2 N–H and O–H groups in total. The van der Waals surface area contributed by atoms with Gasteiger partial charge in [0.15, 0.2) is 0 Å². The van der Waals surface area contributed by atoms with Crippen molar-refractivity contribution in [3.63, 3.8) is 0 Å². The van der Waals surface area contributed by atoms with Gasteiger partial charge in [-0.15, -0.1) is 0 Å². The molecule has 0 spiro atoms. The van der Waals surface area contributed by atoms with Crippen molar-refractivity contribution in [2.24, 2.45) is 5.14 Å². The first-order chi connectivity index (χ1) is 8.96. The summed E-state index contributed by atoms with van der Waals surface area (Å²) >= 11 is 0. The van der Waals surface area contributed by atoms with Gasteiger partial charge in [0, 0.05) is 0 Å². The zero-order chi connectivity index (χ0) is 14.3. The molecule has 0 fully saturated rings. The molecule has 0 saturated carbocycles. The smallest absolute Gasteiger partial charge is 0.225 e. The van der Waals surface area contributed by atoms with Crippen LogP contribution in [0.25, 0.3) is 0 Å². The van der Waals surface area contributed by atoms with Crippen LogP contribution in [0.2, 0.25) is 0 Å². The number of rotatable bonds is 8. The van der Waals surface area contributed by atoms with Gasteiger partial charge in [-0.25, -0.2) is 13.6 Å². The number of aryl methyl sites for hydroxylation is 2. The minimum Gasteiger partial charge on any atom is -0.225 e. The number of hydrogen-bond donors (Lipinski definition) is 1. The fraction of sp³-hybridized carbons (Fsp3) is 0.600. The number of unbranched alkanes of at least 4 members (excludes halogenated alkanes) is 5. The highest BCUT2D eigenvalue weighted by Gasteiger charge is 2.15. The summed E-state index contributed by atoms with van der Waals surface area (Å²) in [4.78, 5) is 0.323. The Bertz CT molecular complexity index is 495. The quantitative estimate of drug-likeness (QED) is 0.742. The molecule has 108 valence electrons. The maximum absolute atomic E-state index is 11.6. The van der Waals surface area contributed by atoms with E-state index in [0.29, 0.717) is 4.90 Å². The van der Waals surface area contributed by atoms with Gasteiger partial charge in [0.1, 0.15) is 0 Å². The van der Waals surface area contributed by atoms with Gasteiger partial charge in [0.25, 0.3) is 0 Å². The summed E-state index contributed by atoms with van der Waals surface area (Å²) in [6.45, 7) is 4.00. The Kier molecular flexibility index (Phi) is 6.52. The van der Waals surface area contributed by atoms with Gasteiger partial charge in [-0.1, -0.05) is 57.2 Å². The van der Waals surface area contributed by atoms with Gasteiger partial charge < -0.3 is 0 Å². The van der Waals surface area contributed by atoms with E-state index < -0.39 is 10.0 Å². The summed E-state index contributed by atoms with van der Waals surface area (Å²) in [5, 5.41) is 5.30. The van der Waals surface area contributed by atoms with Crippen LogP contribution in [0.15, 0.2) is 23.1 Å². The minimum absolute atomic E-state index is 0.323. The lowest BCUT2D eigenvalue weighted by Crippen LogP contribution is -2.16. The first kappa shape index (κ1) is 16.2. The molecule has 0 aliphatic heterocycles. The van der Waals surface area contributed by atoms with Crippen molar-refractivity contribution in [1.82, 2.24) is 0 Å². The molecule has 4 heteroatoms. The molecule has 0 saturated heterocycles. The number of primary sulfonamides is 1. The molecule has 3 nitrogen and oxygen atoms in total. The van der Waals surface area contributed by atoms with Gasteiger partial charge in [0.05, 0.1) is 4.90 Å². The lowest BCUT2D eigenvalue weighted by molar-refractivity contribution is 0.591. The fourth-order valence-corrected chi connectivity index (χ4v) is 3.47. The van der Waals surface area contributed by atoms with Crippen LogP contribution in [0, 0.1) is 6.92 Å². The predicted octanol–water partition coefficient (Wildman–Crippen LogP) is 3.55. The van der Waals surface area contributed by atoms with Crippen molar-refractivity contribution >= 4 is 10.0 Å². The lowest BCUT2D eigenvalue weighted by atomic mass is 10.0. The summed E-state index contributed by atoms with van der Waals surface area (Å²) in [5.74, 6) is 0. The molecule has 0 amide bonds. The molecule has 0 unspecified atom stereocenters. The van der Waals surface area contributed by atoms with E-state index in [2.05, 4.69) is 6.92 Å². The van der Waals surface area contributed by atoms with Gasteiger partial charge in [-0.05, 0) is 30.9 Å². The highest BCUT2D eigenvalue weighted by Crippen LogP contribution is 2.21. The number of benzene rings is 1.